The molecule has 2 heteroatoms. The molecule has 3 rings (SSSR count). The van der Waals surface area contributed by atoms with Crippen LogP contribution in [0.1, 0.15) is 62.5 Å². The minimum absolute atomic E-state index is 0.673. The summed E-state index contributed by atoms with van der Waals surface area (Å²) in [7, 11) is 0. The molecule has 2 aliphatic rings. The molecule has 0 unspecified atom stereocenters. The Morgan fingerprint density at radius 1 is 1.15 bits per heavy atom. The average Bonchev–Trinajstić information content (AvgIpc) is 2.95. The normalized spacial score (nSPS) is 21.9. The van der Waals surface area contributed by atoms with Crippen LogP contribution in [0.2, 0.25) is 0 Å². The Morgan fingerprint density at radius 3 is 2.60 bits per heavy atom. The molecule has 2 fully saturated rings. The number of nitrogens with one attached hydrogen (secondary N) is 1. The van der Waals surface area contributed by atoms with Crippen molar-refractivity contribution in [1.82, 2.24) is 5.32 Å². The molecule has 2 saturated carbocycles. The SMILES string of the molecule is N#Cc1cccc(CNC2CCC3(CCCC3)CC2)c1. The van der Waals surface area contributed by atoms with Gasteiger partial charge in [-0.25, -0.2) is 0 Å². The molecule has 0 radical (unpaired) electrons. The third kappa shape index (κ3) is 3.04. The quantitative estimate of drug-likeness (QED) is 0.894. The molecule has 1 N–H and O–H groups in total. The Morgan fingerprint density at radius 2 is 1.90 bits per heavy atom. The lowest BCUT2D eigenvalue weighted by Gasteiger charge is -2.37. The highest BCUT2D eigenvalue weighted by Crippen LogP contribution is 2.48. The van der Waals surface area contributed by atoms with E-state index >= 15 is 0 Å². The Kier molecular flexibility index (Phi) is 4.08. The fourth-order valence-electron chi connectivity index (χ4n) is 4.07. The van der Waals surface area contributed by atoms with Crippen LogP contribution in [0.5, 0.6) is 0 Å². The van der Waals surface area contributed by atoms with Gasteiger partial charge in [-0.15, -0.1) is 0 Å². The molecule has 1 aromatic rings. The molecule has 0 amide bonds. The van der Waals surface area contributed by atoms with Crippen LogP contribution in [0, 0.1) is 16.7 Å². The highest BCUT2D eigenvalue weighted by molar-refractivity contribution is 5.32. The molecule has 0 saturated heterocycles. The standard InChI is InChI=1S/C18H24N2/c19-13-15-4-3-5-16(12-15)14-20-17-6-10-18(11-7-17)8-1-2-9-18/h3-5,12,17,20H,1-2,6-11,14H2. The molecule has 20 heavy (non-hydrogen) atoms. The van der Waals surface area contributed by atoms with E-state index in [9.17, 15) is 0 Å². The number of hydrogen-bond donors (Lipinski definition) is 1. The van der Waals surface area contributed by atoms with Crippen molar-refractivity contribution >= 4 is 0 Å². The van der Waals surface area contributed by atoms with E-state index < -0.39 is 0 Å². The summed E-state index contributed by atoms with van der Waals surface area (Å²) in [5.74, 6) is 0. The number of nitriles is 1. The summed E-state index contributed by atoms with van der Waals surface area (Å²) in [6.07, 6.45) is 11.4. The fraction of sp³-hybridized carbons (Fsp3) is 0.611. The molecular formula is C18H24N2. The second-order valence-corrected chi connectivity index (χ2v) is 6.67. The maximum atomic E-state index is 8.93. The van der Waals surface area contributed by atoms with Crippen LogP contribution in [0.25, 0.3) is 0 Å². The van der Waals surface area contributed by atoms with Gasteiger partial charge in [0.2, 0.25) is 0 Å². The van der Waals surface area contributed by atoms with Crippen LogP contribution in [0.15, 0.2) is 24.3 Å². The van der Waals surface area contributed by atoms with Crippen molar-refractivity contribution in [2.24, 2.45) is 5.41 Å². The van der Waals surface area contributed by atoms with E-state index in [0.29, 0.717) is 6.04 Å². The van der Waals surface area contributed by atoms with Crippen molar-refractivity contribution in [3.05, 3.63) is 35.4 Å². The van der Waals surface area contributed by atoms with Crippen LogP contribution in [0.3, 0.4) is 0 Å². The number of rotatable bonds is 3. The van der Waals surface area contributed by atoms with E-state index in [0.717, 1.165) is 17.5 Å². The van der Waals surface area contributed by atoms with Crippen LogP contribution < -0.4 is 5.32 Å². The van der Waals surface area contributed by atoms with Crippen LogP contribution in [0.4, 0.5) is 0 Å². The smallest absolute Gasteiger partial charge is 0.0991 e. The molecule has 0 aromatic heterocycles. The summed E-state index contributed by atoms with van der Waals surface area (Å²) in [4.78, 5) is 0. The number of hydrogen-bond acceptors (Lipinski definition) is 2. The first kappa shape index (κ1) is 13.6. The first-order valence-corrected chi connectivity index (χ1v) is 8.02. The van der Waals surface area contributed by atoms with Crippen molar-refractivity contribution in [1.29, 1.82) is 5.26 Å². The zero-order valence-corrected chi connectivity index (χ0v) is 12.2. The minimum atomic E-state index is 0.673. The topological polar surface area (TPSA) is 35.8 Å². The van der Waals surface area contributed by atoms with Crippen molar-refractivity contribution in [2.75, 3.05) is 0 Å². The molecule has 0 heterocycles. The lowest BCUT2D eigenvalue weighted by molar-refractivity contribution is 0.168. The van der Waals surface area contributed by atoms with E-state index in [1.54, 1.807) is 0 Å². The van der Waals surface area contributed by atoms with E-state index in [-0.39, 0.29) is 0 Å². The predicted molar refractivity (Wildman–Crippen MR) is 81.2 cm³/mol. The molecule has 2 aliphatic carbocycles. The third-order valence-electron chi connectivity index (χ3n) is 5.36. The molecule has 0 aliphatic heterocycles. The van der Waals surface area contributed by atoms with Crippen LogP contribution in [-0.4, -0.2) is 6.04 Å². The summed E-state index contributed by atoms with van der Waals surface area (Å²) in [6.45, 7) is 0.896. The van der Waals surface area contributed by atoms with Gasteiger partial charge in [0.1, 0.15) is 0 Å². The van der Waals surface area contributed by atoms with Gasteiger partial charge in [-0.3, -0.25) is 0 Å². The van der Waals surface area contributed by atoms with E-state index in [1.807, 2.05) is 18.2 Å². The Labute approximate surface area is 122 Å². The Bertz CT molecular complexity index is 484. The van der Waals surface area contributed by atoms with Crippen molar-refractivity contribution in [3.8, 4) is 6.07 Å². The monoisotopic (exact) mass is 268 g/mol. The molecule has 0 atom stereocenters. The first-order chi connectivity index (χ1) is 9.80. The van der Waals surface area contributed by atoms with E-state index in [4.69, 9.17) is 5.26 Å². The van der Waals surface area contributed by atoms with Gasteiger partial charge in [0.05, 0.1) is 11.6 Å². The van der Waals surface area contributed by atoms with Gasteiger partial charge in [-0.2, -0.15) is 5.26 Å². The Balaban J connectivity index is 1.49. The highest BCUT2D eigenvalue weighted by atomic mass is 14.9. The van der Waals surface area contributed by atoms with Gasteiger partial charge in [-0.05, 0) is 61.6 Å². The van der Waals surface area contributed by atoms with Gasteiger partial charge in [0.25, 0.3) is 0 Å². The molecule has 2 nitrogen and oxygen atoms in total. The highest BCUT2D eigenvalue weighted by Gasteiger charge is 2.37. The second kappa shape index (κ2) is 5.97. The van der Waals surface area contributed by atoms with Crippen molar-refractivity contribution in [3.63, 3.8) is 0 Å². The summed E-state index contributed by atoms with van der Waals surface area (Å²) in [6, 6.07) is 10.8. The summed E-state index contributed by atoms with van der Waals surface area (Å²) in [5, 5.41) is 12.6. The zero-order chi connectivity index (χ0) is 13.8. The molecule has 1 spiro atoms. The molecule has 0 bridgehead atoms. The zero-order valence-electron chi connectivity index (χ0n) is 12.2. The Hall–Kier alpha value is -1.33. The average molecular weight is 268 g/mol. The number of benzene rings is 1. The molecule has 1 aromatic carbocycles. The largest absolute Gasteiger partial charge is 0.310 e. The lowest BCUT2D eigenvalue weighted by atomic mass is 9.71. The minimum Gasteiger partial charge on any atom is -0.310 e. The summed E-state index contributed by atoms with van der Waals surface area (Å²) >= 11 is 0. The van der Waals surface area contributed by atoms with Gasteiger partial charge in [-0.1, -0.05) is 25.0 Å². The molecule has 106 valence electrons. The maximum absolute atomic E-state index is 8.93. The van der Waals surface area contributed by atoms with Crippen molar-refractivity contribution in [2.45, 2.75) is 64.0 Å². The molecular weight excluding hydrogens is 244 g/mol. The summed E-state index contributed by atoms with van der Waals surface area (Å²) in [5.41, 5.74) is 2.71. The summed E-state index contributed by atoms with van der Waals surface area (Å²) < 4.78 is 0. The van der Waals surface area contributed by atoms with Crippen molar-refractivity contribution < 1.29 is 0 Å². The van der Waals surface area contributed by atoms with Gasteiger partial charge >= 0.3 is 0 Å². The second-order valence-electron chi connectivity index (χ2n) is 6.67. The van der Waals surface area contributed by atoms with Crippen LogP contribution >= 0.6 is 0 Å². The van der Waals surface area contributed by atoms with Crippen LogP contribution in [-0.2, 0) is 6.54 Å². The van der Waals surface area contributed by atoms with E-state index in [2.05, 4.69) is 17.5 Å². The predicted octanol–water partition coefficient (Wildman–Crippen LogP) is 4.15. The lowest BCUT2D eigenvalue weighted by Crippen LogP contribution is -2.36. The van der Waals surface area contributed by atoms with Gasteiger partial charge < -0.3 is 5.32 Å². The third-order valence-corrected chi connectivity index (χ3v) is 5.36. The maximum Gasteiger partial charge on any atom is 0.0991 e. The first-order valence-electron chi connectivity index (χ1n) is 8.02. The fourth-order valence-corrected chi connectivity index (χ4v) is 4.07. The van der Waals surface area contributed by atoms with Gasteiger partial charge in [0.15, 0.2) is 0 Å². The van der Waals surface area contributed by atoms with E-state index in [1.165, 1.54) is 56.9 Å². The number of nitrogens with zero attached hydrogens (tertiary/aromatic N) is 1. The van der Waals surface area contributed by atoms with Gasteiger partial charge in [0, 0.05) is 12.6 Å².